The normalized spacial score (nSPS) is 14.0. The lowest BCUT2D eigenvalue weighted by Crippen LogP contribution is -2.46. The van der Waals surface area contributed by atoms with Crippen molar-refractivity contribution in [3.05, 3.63) is 41.7 Å². The van der Waals surface area contributed by atoms with Crippen LogP contribution >= 0.6 is 0 Å². The fourth-order valence-electron chi connectivity index (χ4n) is 4.12. The number of benzene rings is 1. The van der Waals surface area contributed by atoms with E-state index in [4.69, 9.17) is 14.2 Å². The average Bonchev–Trinajstić information content (AvgIpc) is 3.22. The molecule has 3 aromatic rings. The largest absolute Gasteiger partial charge is 0.493 e. The highest BCUT2D eigenvalue weighted by atomic mass is 28.3. The second-order valence-electron chi connectivity index (χ2n) is 9.69. The van der Waals surface area contributed by atoms with Gasteiger partial charge < -0.3 is 18.8 Å². The molecular formula is C24H30F2N4O4Si. The highest BCUT2D eigenvalue weighted by Gasteiger charge is 2.36. The molecule has 1 aromatic carbocycles. The third-order valence-electron chi connectivity index (χ3n) is 6.06. The van der Waals surface area contributed by atoms with E-state index >= 15 is 8.78 Å². The second-order valence-corrected chi connectivity index (χ2v) is 15.3. The maximum absolute atomic E-state index is 15.1. The van der Waals surface area contributed by atoms with Gasteiger partial charge in [0, 0.05) is 51.1 Å². The van der Waals surface area contributed by atoms with Crippen LogP contribution in [0.3, 0.4) is 0 Å². The smallest absolute Gasteiger partial charge is 0.329 e. The van der Waals surface area contributed by atoms with E-state index in [2.05, 4.69) is 24.6 Å². The number of carbonyl (C=O) groups excluding carboxylic acids is 1. The van der Waals surface area contributed by atoms with Crippen LogP contribution in [-0.2, 0) is 18.0 Å². The molecule has 1 aliphatic heterocycles. The van der Waals surface area contributed by atoms with E-state index in [9.17, 15) is 4.79 Å². The topological polar surface area (TPSA) is 69.1 Å². The molecule has 11 heteroatoms. The molecule has 2 aromatic heterocycles. The Balaban J connectivity index is 1.68. The molecular weight excluding hydrogens is 474 g/mol. The minimum Gasteiger partial charge on any atom is -0.493 e. The number of nitrogens with zero attached hydrogens (tertiary/aromatic N) is 4. The molecule has 188 valence electrons. The quantitative estimate of drug-likeness (QED) is 0.311. The zero-order chi connectivity index (χ0) is 25.5. The Morgan fingerprint density at radius 3 is 2.34 bits per heavy atom. The number of rotatable bonds is 8. The van der Waals surface area contributed by atoms with Crippen molar-refractivity contribution in [3.63, 3.8) is 0 Å². The Morgan fingerprint density at radius 2 is 1.74 bits per heavy atom. The zero-order valence-electron chi connectivity index (χ0n) is 20.8. The summed E-state index contributed by atoms with van der Waals surface area (Å²) in [5, 5.41) is 0.760. The van der Waals surface area contributed by atoms with Crippen LogP contribution in [0.5, 0.6) is 11.5 Å². The van der Waals surface area contributed by atoms with Crippen LogP contribution in [0, 0.1) is 11.6 Å². The van der Waals surface area contributed by atoms with Gasteiger partial charge in [0.2, 0.25) is 0 Å². The van der Waals surface area contributed by atoms with Gasteiger partial charge in [0.1, 0.15) is 18.1 Å². The van der Waals surface area contributed by atoms with Gasteiger partial charge in [0.25, 0.3) is 0 Å². The van der Waals surface area contributed by atoms with Crippen LogP contribution in [0.4, 0.5) is 25.0 Å². The number of amides is 2. The number of pyridine rings is 1. The van der Waals surface area contributed by atoms with Crippen molar-refractivity contribution < 1.29 is 27.8 Å². The molecule has 2 amide bonds. The lowest BCUT2D eigenvalue weighted by Gasteiger charge is -2.35. The van der Waals surface area contributed by atoms with Crippen molar-refractivity contribution >= 4 is 36.5 Å². The Bertz CT molecular complexity index is 1250. The number of aromatic nitrogens is 2. The molecule has 0 saturated heterocycles. The lowest BCUT2D eigenvalue weighted by molar-refractivity contribution is 0.0899. The molecule has 0 saturated carbocycles. The summed E-state index contributed by atoms with van der Waals surface area (Å²) in [7, 11) is 2.91. The van der Waals surface area contributed by atoms with Crippen molar-refractivity contribution in [2.75, 3.05) is 37.7 Å². The summed E-state index contributed by atoms with van der Waals surface area (Å²) in [6, 6.07) is 3.46. The monoisotopic (exact) mass is 504 g/mol. The van der Waals surface area contributed by atoms with Crippen molar-refractivity contribution in [2.24, 2.45) is 0 Å². The molecule has 0 atom stereocenters. The highest BCUT2D eigenvalue weighted by molar-refractivity contribution is 6.76. The number of fused-ring (bicyclic) bond motifs is 3. The van der Waals surface area contributed by atoms with E-state index in [1.807, 2.05) is 16.8 Å². The summed E-state index contributed by atoms with van der Waals surface area (Å²) in [6.07, 6.45) is 3.49. The molecule has 0 bridgehead atoms. The summed E-state index contributed by atoms with van der Waals surface area (Å²) >= 11 is 0. The molecule has 0 fully saturated rings. The van der Waals surface area contributed by atoms with Gasteiger partial charge in [-0.2, -0.15) is 0 Å². The van der Waals surface area contributed by atoms with Crippen LogP contribution in [-0.4, -0.2) is 51.5 Å². The van der Waals surface area contributed by atoms with Crippen molar-refractivity contribution in [1.29, 1.82) is 0 Å². The fraction of sp³-hybridized carbons (Fsp3) is 0.417. The molecule has 3 heterocycles. The van der Waals surface area contributed by atoms with Crippen LogP contribution in [0.1, 0.15) is 5.56 Å². The van der Waals surface area contributed by atoms with Crippen molar-refractivity contribution in [2.45, 2.75) is 39.0 Å². The van der Waals surface area contributed by atoms with E-state index in [1.54, 1.807) is 13.2 Å². The minimum atomic E-state index is -1.19. The van der Waals surface area contributed by atoms with Gasteiger partial charge in [-0.25, -0.2) is 18.6 Å². The van der Waals surface area contributed by atoms with E-state index in [0.717, 1.165) is 22.4 Å². The first kappa shape index (κ1) is 24.9. The maximum Gasteiger partial charge on any atom is 0.329 e. The molecule has 1 aliphatic rings. The molecule has 4 rings (SSSR count). The van der Waals surface area contributed by atoms with E-state index < -0.39 is 31.4 Å². The summed E-state index contributed by atoms with van der Waals surface area (Å²) in [6.45, 7) is 7.85. The van der Waals surface area contributed by atoms with Gasteiger partial charge in [-0.1, -0.05) is 19.6 Å². The lowest BCUT2D eigenvalue weighted by atomic mass is 10.1. The maximum atomic E-state index is 15.1. The van der Waals surface area contributed by atoms with Crippen molar-refractivity contribution in [1.82, 2.24) is 9.55 Å². The Hall–Kier alpha value is -3.18. The number of halogens is 2. The SMILES string of the molecule is COc1cc(OC)c(F)c(N2Cc3cnc4c(ccn4COCC[Si](C)(C)C)c3N(C)C2=O)c1F. The van der Waals surface area contributed by atoms with E-state index in [-0.39, 0.29) is 18.0 Å². The number of carbonyl (C=O) groups is 1. The average molecular weight is 505 g/mol. The predicted octanol–water partition coefficient (Wildman–Crippen LogP) is 5.22. The number of methoxy groups -OCH3 is 2. The Morgan fingerprint density at radius 1 is 1.09 bits per heavy atom. The first-order valence-electron chi connectivity index (χ1n) is 11.3. The van der Waals surface area contributed by atoms with Gasteiger partial charge in [0.05, 0.1) is 26.5 Å². The summed E-state index contributed by atoms with van der Waals surface area (Å²) in [4.78, 5) is 20.3. The van der Waals surface area contributed by atoms with Crippen molar-refractivity contribution in [3.8, 4) is 11.5 Å². The molecule has 8 nitrogen and oxygen atoms in total. The standard InChI is InChI=1S/C24H30F2N4O4Si/c1-28-21-15(12-27-23-16(21)7-8-29(23)14-34-9-10-35(4,5)6)13-30(24(28)31)22-19(25)17(32-2)11-18(33-3)20(22)26/h7-8,11-12H,9-10,13-14H2,1-6H3. The van der Waals surface area contributed by atoms with Gasteiger partial charge >= 0.3 is 6.03 Å². The first-order valence-corrected chi connectivity index (χ1v) is 15.0. The highest BCUT2D eigenvalue weighted by Crippen LogP contribution is 2.42. The van der Waals surface area contributed by atoms with Gasteiger partial charge in [-0.15, -0.1) is 0 Å². The third-order valence-corrected chi connectivity index (χ3v) is 7.77. The number of urea groups is 1. The third kappa shape index (κ3) is 4.57. The predicted molar refractivity (Wildman–Crippen MR) is 133 cm³/mol. The Kier molecular flexibility index (Phi) is 6.74. The summed E-state index contributed by atoms with van der Waals surface area (Å²) in [5.74, 6) is -2.41. The van der Waals surface area contributed by atoms with Gasteiger partial charge in [0.15, 0.2) is 23.1 Å². The number of hydrogen-bond acceptors (Lipinski definition) is 5. The van der Waals surface area contributed by atoms with Crippen LogP contribution in [0.15, 0.2) is 24.5 Å². The molecule has 0 spiro atoms. The molecule has 35 heavy (non-hydrogen) atoms. The number of hydrogen-bond donors (Lipinski definition) is 0. The molecule has 0 aliphatic carbocycles. The minimum absolute atomic E-state index is 0.0660. The second kappa shape index (κ2) is 9.46. The van der Waals surface area contributed by atoms with Crippen LogP contribution in [0.2, 0.25) is 25.7 Å². The van der Waals surface area contributed by atoms with Crippen LogP contribution in [0.25, 0.3) is 11.0 Å². The zero-order valence-corrected chi connectivity index (χ0v) is 21.8. The molecule has 0 unspecified atom stereocenters. The summed E-state index contributed by atoms with van der Waals surface area (Å²) < 4.78 is 48.1. The van der Waals surface area contributed by atoms with E-state index in [1.165, 1.54) is 19.1 Å². The molecule has 0 N–H and O–H groups in total. The molecule has 0 radical (unpaired) electrons. The summed E-state index contributed by atoms with van der Waals surface area (Å²) in [5.41, 5.74) is 1.44. The van der Waals surface area contributed by atoms with Crippen LogP contribution < -0.4 is 19.3 Å². The van der Waals surface area contributed by atoms with Gasteiger partial charge in [-0.3, -0.25) is 9.80 Å². The number of anilines is 2. The fourth-order valence-corrected chi connectivity index (χ4v) is 4.88. The van der Waals surface area contributed by atoms with Gasteiger partial charge in [-0.05, 0) is 12.1 Å². The number of ether oxygens (including phenoxy) is 3. The first-order chi connectivity index (χ1) is 16.6. The Labute approximate surface area is 204 Å². The van der Waals surface area contributed by atoms with E-state index in [0.29, 0.717) is 30.2 Å².